The van der Waals surface area contributed by atoms with E-state index in [2.05, 4.69) is 77.7 Å². The Morgan fingerprint density at radius 2 is 0.591 bits per heavy atom. The fourth-order valence-electron chi connectivity index (χ4n) is 2.18. The van der Waals surface area contributed by atoms with Crippen LogP contribution in [0.25, 0.3) is 0 Å². The maximum atomic E-state index is 2.25. The topological polar surface area (TPSA) is 3.24 Å². The van der Waals surface area contributed by atoms with Gasteiger partial charge in [0.05, 0.1) is 0 Å². The van der Waals surface area contributed by atoms with E-state index in [4.69, 9.17) is 0 Å². The summed E-state index contributed by atoms with van der Waals surface area (Å²) in [7, 11) is 0. The third kappa shape index (κ3) is 4.32. The van der Waals surface area contributed by atoms with Crippen molar-refractivity contribution in [1.29, 1.82) is 0 Å². The highest BCUT2D eigenvalue weighted by molar-refractivity contribution is 5.76. The Kier molecular flexibility index (Phi) is 8.55. The van der Waals surface area contributed by atoms with Crippen LogP contribution in [0.15, 0.2) is 91.0 Å². The van der Waals surface area contributed by atoms with Gasteiger partial charge in [-0.2, -0.15) is 0 Å². The predicted molar refractivity (Wildman–Crippen MR) is 98.4 cm³/mol. The number of benzene rings is 3. The number of nitrogens with zero attached hydrogens (tertiary/aromatic N) is 1. The minimum Gasteiger partial charge on any atom is -0.311 e. The maximum absolute atomic E-state index is 2.25. The zero-order valence-electron chi connectivity index (χ0n) is 12.3. The van der Waals surface area contributed by atoms with Crippen molar-refractivity contribution in [2.24, 2.45) is 0 Å². The van der Waals surface area contributed by atoms with Crippen molar-refractivity contribution in [2.75, 3.05) is 4.90 Å². The monoisotopic (exact) mass is 278 g/mol. The highest BCUT2D eigenvalue weighted by atomic mass is 15.1. The van der Waals surface area contributed by atoms with Crippen molar-refractivity contribution in [2.45, 2.75) is 0 Å². The smallest absolute Gasteiger partial charge is 0.0461 e. The Balaban J connectivity index is 0.00000147. The summed E-state index contributed by atoms with van der Waals surface area (Å²) in [4.78, 5) is 2.25. The first-order valence-corrected chi connectivity index (χ1v) is 6.40. The SMILES string of the molecule is [B].[B].[B].c1ccc(N(c2ccccc2)c2ccccc2)cc1. The van der Waals surface area contributed by atoms with E-state index in [-0.39, 0.29) is 25.2 Å². The van der Waals surface area contributed by atoms with Gasteiger partial charge in [-0.3, -0.25) is 0 Å². The molecule has 0 bridgehead atoms. The van der Waals surface area contributed by atoms with Crippen molar-refractivity contribution in [3.05, 3.63) is 91.0 Å². The van der Waals surface area contributed by atoms with Gasteiger partial charge in [0.1, 0.15) is 0 Å². The molecular weight excluding hydrogens is 263 g/mol. The molecule has 0 atom stereocenters. The first kappa shape index (κ1) is 19.7. The van der Waals surface area contributed by atoms with Gasteiger partial charge in [0, 0.05) is 42.3 Å². The van der Waals surface area contributed by atoms with E-state index < -0.39 is 0 Å². The molecule has 0 spiro atoms. The molecule has 3 aromatic rings. The minimum absolute atomic E-state index is 0. The van der Waals surface area contributed by atoms with Crippen LogP contribution in [0.5, 0.6) is 0 Å². The molecule has 3 aromatic carbocycles. The van der Waals surface area contributed by atoms with E-state index >= 15 is 0 Å². The fraction of sp³-hybridized carbons (Fsp3) is 0. The van der Waals surface area contributed by atoms with E-state index in [1.165, 1.54) is 17.1 Å². The highest BCUT2D eigenvalue weighted by Gasteiger charge is 2.10. The molecule has 9 radical (unpaired) electrons. The van der Waals surface area contributed by atoms with E-state index in [0.29, 0.717) is 0 Å². The summed E-state index contributed by atoms with van der Waals surface area (Å²) in [6.45, 7) is 0. The van der Waals surface area contributed by atoms with Crippen LogP contribution in [0.2, 0.25) is 0 Å². The molecule has 0 aromatic heterocycles. The molecule has 0 unspecified atom stereocenters. The molecule has 3 rings (SSSR count). The summed E-state index contributed by atoms with van der Waals surface area (Å²) < 4.78 is 0. The predicted octanol–water partition coefficient (Wildman–Crippen LogP) is 4.01. The van der Waals surface area contributed by atoms with E-state index in [9.17, 15) is 0 Å². The van der Waals surface area contributed by atoms with E-state index in [1.54, 1.807) is 0 Å². The first-order chi connectivity index (χ1) is 9.45. The lowest BCUT2D eigenvalue weighted by atomic mass is 10.2. The number of anilines is 3. The number of hydrogen-bond donors (Lipinski definition) is 0. The van der Waals surface area contributed by atoms with Crippen LogP contribution in [0, 0.1) is 0 Å². The zero-order valence-corrected chi connectivity index (χ0v) is 12.3. The average molecular weight is 278 g/mol. The van der Waals surface area contributed by atoms with Crippen molar-refractivity contribution in [3.63, 3.8) is 0 Å². The van der Waals surface area contributed by atoms with Gasteiger partial charge in [0.15, 0.2) is 0 Å². The second-order valence-electron chi connectivity index (χ2n) is 4.34. The number of rotatable bonds is 3. The van der Waals surface area contributed by atoms with Crippen LogP contribution in [-0.2, 0) is 0 Å². The Morgan fingerprint density at radius 3 is 0.818 bits per heavy atom. The zero-order chi connectivity index (χ0) is 12.9. The minimum atomic E-state index is 0. The Morgan fingerprint density at radius 1 is 0.364 bits per heavy atom. The summed E-state index contributed by atoms with van der Waals surface area (Å²) in [5.74, 6) is 0. The van der Waals surface area contributed by atoms with Crippen molar-refractivity contribution in [1.82, 2.24) is 0 Å². The largest absolute Gasteiger partial charge is 0.311 e. The van der Waals surface area contributed by atoms with Gasteiger partial charge in [-0.1, -0.05) is 54.6 Å². The molecule has 0 fully saturated rings. The fourth-order valence-corrected chi connectivity index (χ4v) is 2.18. The first-order valence-electron chi connectivity index (χ1n) is 6.40. The van der Waals surface area contributed by atoms with Crippen molar-refractivity contribution >= 4 is 42.3 Å². The molecular formula is C18H15B3N. The normalized spacial score (nSPS) is 8.73. The lowest BCUT2D eigenvalue weighted by Crippen LogP contribution is -2.09. The summed E-state index contributed by atoms with van der Waals surface area (Å²) in [5, 5.41) is 0. The molecule has 0 aliphatic rings. The maximum Gasteiger partial charge on any atom is 0.0461 e. The van der Waals surface area contributed by atoms with Gasteiger partial charge >= 0.3 is 0 Å². The van der Waals surface area contributed by atoms with Crippen LogP contribution in [-0.4, -0.2) is 25.2 Å². The molecule has 0 amide bonds. The number of hydrogen-bond acceptors (Lipinski definition) is 1. The van der Waals surface area contributed by atoms with Crippen LogP contribution < -0.4 is 4.90 Å². The molecule has 1 nitrogen and oxygen atoms in total. The molecule has 0 saturated heterocycles. The number of para-hydroxylation sites is 3. The summed E-state index contributed by atoms with van der Waals surface area (Å²) in [6.07, 6.45) is 0. The summed E-state index contributed by atoms with van der Waals surface area (Å²) >= 11 is 0. The molecule has 0 aliphatic heterocycles. The van der Waals surface area contributed by atoms with E-state index in [1.807, 2.05) is 18.2 Å². The Bertz CT molecular complexity index is 536. The lowest BCUT2D eigenvalue weighted by Gasteiger charge is -2.25. The van der Waals surface area contributed by atoms with E-state index in [0.717, 1.165) is 0 Å². The standard InChI is InChI=1S/C18H15N.3B/c1-4-10-16(11-5-1)19(17-12-6-2-7-13-17)18-14-8-3-9-15-18;;;/h1-15H;;;. The third-order valence-corrected chi connectivity index (χ3v) is 3.04. The van der Waals surface area contributed by atoms with Gasteiger partial charge in [-0.25, -0.2) is 0 Å². The quantitative estimate of drug-likeness (QED) is 0.654. The molecule has 0 N–H and O–H groups in total. The summed E-state index contributed by atoms with van der Waals surface area (Å²) in [5.41, 5.74) is 3.50. The van der Waals surface area contributed by atoms with Crippen LogP contribution in [0.3, 0.4) is 0 Å². The van der Waals surface area contributed by atoms with Crippen LogP contribution >= 0.6 is 0 Å². The second kappa shape index (κ2) is 9.57. The van der Waals surface area contributed by atoms with Gasteiger partial charge in [-0.05, 0) is 36.4 Å². The molecule has 4 heteroatoms. The molecule has 101 valence electrons. The average Bonchev–Trinajstić information content (AvgIpc) is 2.51. The van der Waals surface area contributed by atoms with Crippen molar-refractivity contribution < 1.29 is 0 Å². The van der Waals surface area contributed by atoms with Crippen LogP contribution in [0.1, 0.15) is 0 Å². The Hall–Kier alpha value is -2.35. The lowest BCUT2D eigenvalue weighted by molar-refractivity contribution is 1.28. The van der Waals surface area contributed by atoms with Gasteiger partial charge < -0.3 is 4.90 Å². The molecule has 0 aliphatic carbocycles. The van der Waals surface area contributed by atoms with Gasteiger partial charge in [0.25, 0.3) is 0 Å². The second-order valence-corrected chi connectivity index (χ2v) is 4.34. The van der Waals surface area contributed by atoms with Crippen molar-refractivity contribution in [3.8, 4) is 0 Å². The van der Waals surface area contributed by atoms with Gasteiger partial charge in [0.2, 0.25) is 0 Å². The highest BCUT2D eigenvalue weighted by Crippen LogP contribution is 2.33. The van der Waals surface area contributed by atoms with Gasteiger partial charge in [-0.15, -0.1) is 0 Å². The summed E-state index contributed by atoms with van der Waals surface area (Å²) in [6, 6.07) is 31.3. The Labute approximate surface area is 138 Å². The molecule has 22 heavy (non-hydrogen) atoms. The third-order valence-electron chi connectivity index (χ3n) is 3.04. The molecule has 0 heterocycles. The molecule has 0 saturated carbocycles. The van der Waals surface area contributed by atoms with Crippen LogP contribution in [0.4, 0.5) is 17.1 Å².